The minimum atomic E-state index is -0.0159. The first kappa shape index (κ1) is 21.0. The molecule has 4 aliphatic rings. The van der Waals surface area contributed by atoms with E-state index in [0.29, 0.717) is 10.8 Å². The van der Waals surface area contributed by atoms with Gasteiger partial charge in [0.2, 0.25) is 0 Å². The number of fused-ring (bicyclic) bond motifs is 5. The van der Waals surface area contributed by atoms with Crippen LogP contribution in [0.2, 0.25) is 0 Å². The first-order valence-electron chi connectivity index (χ1n) is 12.6. The normalized spacial score (nSPS) is 49.7. The zero-order valence-electron chi connectivity index (χ0n) is 19.3. The van der Waals surface area contributed by atoms with Gasteiger partial charge in [0.05, 0.1) is 6.10 Å². The van der Waals surface area contributed by atoms with E-state index in [1.54, 1.807) is 0 Å². The van der Waals surface area contributed by atoms with Gasteiger partial charge in [-0.05, 0) is 116 Å². The first-order chi connectivity index (χ1) is 13.3. The summed E-state index contributed by atoms with van der Waals surface area (Å²) in [6.45, 7) is 12.4. The summed E-state index contributed by atoms with van der Waals surface area (Å²) in [5.41, 5.74) is 1.09. The van der Waals surface area contributed by atoms with Crippen molar-refractivity contribution in [2.24, 2.45) is 52.3 Å². The minimum absolute atomic E-state index is 0.0159. The molecule has 4 rings (SSSR count). The molecule has 0 aromatic rings. The summed E-state index contributed by atoms with van der Waals surface area (Å²) in [6.07, 6.45) is 18.3. The van der Waals surface area contributed by atoms with Gasteiger partial charge < -0.3 is 5.11 Å². The molecule has 4 saturated carbocycles. The standard InChI is InChI=1S/C27H46O/c1-18(2)7-6-8-19(3)23-11-12-24-22-10-9-20-17-21(28)13-15-26(20,4)25(22)14-16-27(23,24)5/h6,8,18-25,28H,7,9-17H2,1-5H3/t19-,20-,21-,22-,23+,24-,25-,26-,27+/m0/s1. The maximum absolute atomic E-state index is 10.2. The molecule has 1 heteroatoms. The Morgan fingerprint density at radius 1 is 0.893 bits per heavy atom. The minimum Gasteiger partial charge on any atom is -0.393 e. The second-order valence-electron chi connectivity index (χ2n) is 12.2. The van der Waals surface area contributed by atoms with Crippen molar-refractivity contribution < 1.29 is 5.11 Å². The molecule has 0 aromatic carbocycles. The average Bonchev–Trinajstić information content (AvgIpc) is 2.99. The summed E-state index contributed by atoms with van der Waals surface area (Å²) in [4.78, 5) is 0. The van der Waals surface area contributed by atoms with Gasteiger partial charge in [-0.2, -0.15) is 0 Å². The molecule has 0 amide bonds. The second kappa shape index (κ2) is 7.75. The molecule has 0 spiro atoms. The highest BCUT2D eigenvalue weighted by molar-refractivity contribution is 5.11. The van der Waals surface area contributed by atoms with Crippen LogP contribution in [0.4, 0.5) is 0 Å². The van der Waals surface area contributed by atoms with Crippen LogP contribution in [-0.2, 0) is 0 Å². The second-order valence-corrected chi connectivity index (χ2v) is 12.2. The van der Waals surface area contributed by atoms with Crippen LogP contribution in [0.1, 0.15) is 98.8 Å². The topological polar surface area (TPSA) is 20.2 Å². The molecule has 0 radical (unpaired) electrons. The number of allylic oxidation sites excluding steroid dienone is 2. The third-order valence-electron chi connectivity index (χ3n) is 10.4. The summed E-state index contributed by atoms with van der Waals surface area (Å²) < 4.78 is 0. The summed E-state index contributed by atoms with van der Waals surface area (Å²) in [5.74, 6) is 6.05. The van der Waals surface area contributed by atoms with E-state index in [-0.39, 0.29) is 6.10 Å². The Balaban J connectivity index is 1.50. The van der Waals surface area contributed by atoms with Crippen molar-refractivity contribution in [3.63, 3.8) is 0 Å². The lowest BCUT2D eigenvalue weighted by Crippen LogP contribution is -2.54. The van der Waals surface area contributed by atoms with Gasteiger partial charge >= 0.3 is 0 Å². The summed E-state index contributed by atoms with van der Waals surface area (Å²) >= 11 is 0. The quantitative estimate of drug-likeness (QED) is 0.505. The molecular weight excluding hydrogens is 340 g/mol. The highest BCUT2D eigenvalue weighted by Crippen LogP contribution is 2.68. The predicted octanol–water partition coefficient (Wildman–Crippen LogP) is 7.24. The smallest absolute Gasteiger partial charge is 0.0543 e. The van der Waals surface area contributed by atoms with Gasteiger partial charge in [0.15, 0.2) is 0 Å². The van der Waals surface area contributed by atoms with E-state index in [1.807, 2.05) is 0 Å². The van der Waals surface area contributed by atoms with Crippen molar-refractivity contribution in [1.29, 1.82) is 0 Å². The number of aliphatic hydroxyl groups is 1. The maximum Gasteiger partial charge on any atom is 0.0543 e. The Morgan fingerprint density at radius 2 is 1.61 bits per heavy atom. The van der Waals surface area contributed by atoms with Crippen molar-refractivity contribution in [3.05, 3.63) is 12.2 Å². The van der Waals surface area contributed by atoms with E-state index in [2.05, 4.69) is 46.8 Å². The SMILES string of the molecule is CC(C)CC=C[C@H](C)[C@H]1CC[C@H]2[C@@H]3CC[C@H]4C[C@@H](O)CC[C@]4(C)[C@H]3CC[C@]12C. The highest BCUT2D eigenvalue weighted by Gasteiger charge is 2.60. The van der Waals surface area contributed by atoms with E-state index < -0.39 is 0 Å². The molecule has 0 saturated heterocycles. The molecule has 1 N–H and O–H groups in total. The lowest BCUT2D eigenvalue weighted by Gasteiger charge is -2.61. The van der Waals surface area contributed by atoms with Crippen LogP contribution < -0.4 is 0 Å². The van der Waals surface area contributed by atoms with Crippen LogP contribution in [-0.4, -0.2) is 11.2 Å². The van der Waals surface area contributed by atoms with Gasteiger partial charge in [-0.3, -0.25) is 0 Å². The molecule has 28 heavy (non-hydrogen) atoms. The van der Waals surface area contributed by atoms with Crippen LogP contribution in [0.3, 0.4) is 0 Å². The lowest BCUT2D eigenvalue weighted by molar-refractivity contribution is -0.128. The average molecular weight is 387 g/mol. The number of rotatable bonds is 4. The van der Waals surface area contributed by atoms with E-state index in [1.165, 1.54) is 51.4 Å². The van der Waals surface area contributed by atoms with Crippen molar-refractivity contribution in [2.45, 2.75) is 105 Å². The Kier molecular flexibility index (Phi) is 5.80. The van der Waals surface area contributed by atoms with Gasteiger partial charge in [0.1, 0.15) is 0 Å². The zero-order valence-corrected chi connectivity index (χ0v) is 19.3. The van der Waals surface area contributed by atoms with Gasteiger partial charge in [-0.1, -0.05) is 46.8 Å². The maximum atomic E-state index is 10.2. The fourth-order valence-electron chi connectivity index (χ4n) is 8.84. The van der Waals surface area contributed by atoms with Crippen LogP contribution in [0.5, 0.6) is 0 Å². The van der Waals surface area contributed by atoms with Crippen LogP contribution in [0, 0.1) is 52.3 Å². The summed E-state index contributed by atoms with van der Waals surface area (Å²) in [7, 11) is 0. The van der Waals surface area contributed by atoms with Crippen LogP contribution in [0.15, 0.2) is 12.2 Å². The molecular formula is C27H46O. The number of aliphatic hydroxyl groups excluding tert-OH is 1. The third-order valence-corrected chi connectivity index (χ3v) is 10.4. The largest absolute Gasteiger partial charge is 0.393 e. The van der Waals surface area contributed by atoms with E-state index in [9.17, 15) is 5.11 Å². The molecule has 0 heterocycles. The molecule has 0 aliphatic heterocycles. The fourth-order valence-corrected chi connectivity index (χ4v) is 8.84. The zero-order chi connectivity index (χ0) is 20.1. The van der Waals surface area contributed by atoms with Crippen LogP contribution in [0.25, 0.3) is 0 Å². The van der Waals surface area contributed by atoms with Crippen molar-refractivity contribution >= 4 is 0 Å². The first-order valence-corrected chi connectivity index (χ1v) is 12.6. The van der Waals surface area contributed by atoms with E-state index in [4.69, 9.17) is 0 Å². The fraction of sp³-hybridized carbons (Fsp3) is 0.926. The Morgan fingerprint density at radius 3 is 2.36 bits per heavy atom. The molecule has 9 atom stereocenters. The monoisotopic (exact) mass is 386 g/mol. The molecule has 4 fully saturated rings. The number of hydrogen-bond donors (Lipinski definition) is 1. The van der Waals surface area contributed by atoms with E-state index in [0.717, 1.165) is 54.3 Å². The Hall–Kier alpha value is -0.300. The molecule has 1 nitrogen and oxygen atoms in total. The summed E-state index contributed by atoms with van der Waals surface area (Å²) in [5, 5.41) is 10.2. The molecule has 160 valence electrons. The lowest BCUT2D eigenvalue weighted by atomic mass is 9.44. The van der Waals surface area contributed by atoms with Crippen molar-refractivity contribution in [1.82, 2.24) is 0 Å². The van der Waals surface area contributed by atoms with E-state index >= 15 is 0 Å². The Labute approximate surface area is 174 Å². The summed E-state index contributed by atoms with van der Waals surface area (Å²) in [6, 6.07) is 0. The predicted molar refractivity (Wildman–Crippen MR) is 119 cm³/mol. The molecule has 0 aromatic heterocycles. The third kappa shape index (κ3) is 3.42. The molecule has 0 bridgehead atoms. The van der Waals surface area contributed by atoms with Crippen LogP contribution >= 0.6 is 0 Å². The van der Waals surface area contributed by atoms with Gasteiger partial charge in [-0.15, -0.1) is 0 Å². The Bertz CT molecular complexity index is 579. The highest BCUT2D eigenvalue weighted by atomic mass is 16.3. The number of hydrogen-bond acceptors (Lipinski definition) is 1. The molecule has 0 unspecified atom stereocenters. The molecule has 4 aliphatic carbocycles. The van der Waals surface area contributed by atoms with Gasteiger partial charge in [-0.25, -0.2) is 0 Å². The van der Waals surface area contributed by atoms with Crippen molar-refractivity contribution in [2.75, 3.05) is 0 Å². The van der Waals surface area contributed by atoms with Gasteiger partial charge in [0, 0.05) is 0 Å². The van der Waals surface area contributed by atoms with Gasteiger partial charge in [0.25, 0.3) is 0 Å². The van der Waals surface area contributed by atoms with Crippen molar-refractivity contribution in [3.8, 4) is 0 Å².